The Balaban J connectivity index is 1.06. The molecule has 2 aromatic heterocycles. The minimum absolute atomic E-state index is 0.513. The number of benzene rings is 1. The van der Waals surface area contributed by atoms with Crippen LogP contribution < -0.4 is 5.32 Å². The van der Waals surface area contributed by atoms with Gasteiger partial charge in [-0.15, -0.1) is 10.2 Å². The van der Waals surface area contributed by atoms with Crippen LogP contribution >= 0.6 is 0 Å². The molecule has 2 aliphatic heterocycles. The number of rotatable bonds is 5. The number of anilines is 1. The first-order chi connectivity index (χ1) is 16.1. The van der Waals surface area contributed by atoms with Crippen molar-refractivity contribution in [3.05, 3.63) is 36.0 Å². The lowest BCUT2D eigenvalue weighted by Crippen LogP contribution is -2.32. The molecule has 3 aromatic rings. The molecule has 1 N–H and O–H groups in total. The van der Waals surface area contributed by atoms with Crippen molar-refractivity contribution in [3.63, 3.8) is 0 Å². The van der Waals surface area contributed by atoms with E-state index in [9.17, 15) is 0 Å². The van der Waals surface area contributed by atoms with Crippen molar-refractivity contribution >= 4 is 16.7 Å². The summed E-state index contributed by atoms with van der Waals surface area (Å²) in [5.41, 5.74) is 4.22. The molecule has 174 valence electrons. The summed E-state index contributed by atoms with van der Waals surface area (Å²) in [5.74, 6) is 3.37. The van der Waals surface area contributed by atoms with Crippen molar-refractivity contribution in [1.82, 2.24) is 24.9 Å². The van der Waals surface area contributed by atoms with Gasteiger partial charge in [-0.05, 0) is 80.2 Å². The zero-order chi connectivity index (χ0) is 22.4. The molecule has 3 aliphatic rings. The number of aryl methyl sites for hydroxylation is 2. The summed E-state index contributed by atoms with van der Waals surface area (Å²) in [6.45, 7) is 7.82. The van der Waals surface area contributed by atoms with Crippen molar-refractivity contribution < 1.29 is 4.74 Å². The zero-order valence-corrected chi connectivity index (χ0v) is 19.7. The molecular weight excluding hydrogens is 412 g/mol. The number of aromatic nitrogens is 4. The minimum atomic E-state index is 0.513. The van der Waals surface area contributed by atoms with E-state index in [1.807, 2.05) is 17.9 Å². The molecule has 4 heterocycles. The smallest absolute Gasteiger partial charge is 0.148 e. The van der Waals surface area contributed by atoms with Crippen molar-refractivity contribution in [2.45, 2.75) is 38.6 Å². The summed E-state index contributed by atoms with van der Waals surface area (Å²) < 4.78 is 7.38. The average Bonchev–Trinajstić information content (AvgIpc) is 3.46. The average molecular weight is 447 g/mol. The number of nitrogens with zero attached hydrogens (tertiary/aromatic N) is 5. The number of nitrogens with one attached hydrogen (secondary N) is 1. The molecule has 0 amide bonds. The summed E-state index contributed by atoms with van der Waals surface area (Å²) in [6, 6.07) is 8.98. The predicted octanol–water partition coefficient (Wildman–Crippen LogP) is 3.89. The van der Waals surface area contributed by atoms with Gasteiger partial charge >= 0.3 is 0 Å². The van der Waals surface area contributed by atoms with Gasteiger partial charge in [0.2, 0.25) is 0 Å². The standard InChI is InChI=1S/C26H34N6O/c1-17-9-25-21(14-31(2)30-25)12-23(17)24-3-4-26(29-28-24)27-22-10-19-15-32(16-20(19)11-22)13-18-5-7-33-8-6-18/h3-4,9,12,14,18-20,22H,5-8,10-11,13,15-16H2,1-2H3,(H,27,29)/t19-,20-/m1/s1. The van der Waals surface area contributed by atoms with E-state index < -0.39 is 0 Å². The second-order valence-corrected chi connectivity index (χ2v) is 10.4. The minimum Gasteiger partial charge on any atom is -0.381 e. The molecular formula is C26H34N6O. The number of likely N-dealkylation sites (tertiary alicyclic amines) is 1. The fourth-order valence-corrected chi connectivity index (χ4v) is 6.30. The van der Waals surface area contributed by atoms with Gasteiger partial charge in [-0.2, -0.15) is 5.10 Å². The second-order valence-electron chi connectivity index (χ2n) is 10.4. The van der Waals surface area contributed by atoms with Crippen LogP contribution in [0.5, 0.6) is 0 Å². The first-order valence-corrected chi connectivity index (χ1v) is 12.5. The highest BCUT2D eigenvalue weighted by atomic mass is 16.5. The van der Waals surface area contributed by atoms with E-state index in [2.05, 4.69) is 56.7 Å². The van der Waals surface area contributed by atoms with E-state index in [1.54, 1.807) is 0 Å². The Morgan fingerprint density at radius 3 is 2.58 bits per heavy atom. The lowest BCUT2D eigenvalue weighted by molar-refractivity contribution is 0.0545. The third kappa shape index (κ3) is 4.36. The Morgan fingerprint density at radius 2 is 1.85 bits per heavy atom. The SMILES string of the molecule is Cc1cc2nn(C)cc2cc1-c1ccc(NC2C[C@@H]3CN(CC4CCOCC4)C[C@H]3C2)nn1. The largest absolute Gasteiger partial charge is 0.381 e. The molecule has 3 fully saturated rings. The highest BCUT2D eigenvalue weighted by Gasteiger charge is 2.41. The van der Waals surface area contributed by atoms with Gasteiger partial charge in [0.05, 0.1) is 11.2 Å². The number of hydrogen-bond acceptors (Lipinski definition) is 6. The van der Waals surface area contributed by atoms with E-state index in [1.165, 1.54) is 50.9 Å². The lowest BCUT2D eigenvalue weighted by Gasteiger charge is -2.27. The molecule has 6 rings (SSSR count). The quantitative estimate of drug-likeness (QED) is 0.641. The van der Waals surface area contributed by atoms with Crippen LogP contribution in [-0.4, -0.2) is 63.8 Å². The molecule has 33 heavy (non-hydrogen) atoms. The molecule has 1 aliphatic carbocycles. The third-order valence-electron chi connectivity index (χ3n) is 7.94. The summed E-state index contributed by atoms with van der Waals surface area (Å²) in [7, 11) is 1.95. The normalized spacial score (nSPS) is 24.5. The van der Waals surface area contributed by atoms with Crippen LogP contribution in [0.2, 0.25) is 0 Å². The van der Waals surface area contributed by atoms with Crippen LogP contribution in [0.15, 0.2) is 30.5 Å². The maximum Gasteiger partial charge on any atom is 0.148 e. The fraction of sp³-hybridized carbons (Fsp3) is 0.577. The lowest BCUT2D eigenvalue weighted by atomic mass is 10.00. The van der Waals surface area contributed by atoms with E-state index in [0.717, 1.165) is 58.9 Å². The van der Waals surface area contributed by atoms with Gasteiger partial charge in [0, 0.05) is 63.1 Å². The van der Waals surface area contributed by atoms with Gasteiger partial charge in [-0.1, -0.05) is 0 Å². The van der Waals surface area contributed by atoms with E-state index in [0.29, 0.717) is 6.04 Å². The maximum atomic E-state index is 5.52. The van der Waals surface area contributed by atoms with Crippen LogP contribution in [0.1, 0.15) is 31.2 Å². The second kappa shape index (κ2) is 8.69. The molecule has 0 spiro atoms. The highest BCUT2D eigenvalue weighted by Crippen LogP contribution is 2.39. The van der Waals surface area contributed by atoms with Crippen molar-refractivity contribution in [1.29, 1.82) is 0 Å². The van der Waals surface area contributed by atoms with E-state index in [-0.39, 0.29) is 0 Å². The van der Waals surface area contributed by atoms with Gasteiger partial charge < -0.3 is 15.0 Å². The van der Waals surface area contributed by atoms with Crippen molar-refractivity contribution in [3.8, 4) is 11.3 Å². The number of hydrogen-bond donors (Lipinski definition) is 1. The molecule has 1 aromatic carbocycles. The molecule has 2 atom stereocenters. The number of fused-ring (bicyclic) bond motifs is 2. The number of ether oxygens (including phenoxy) is 1. The van der Waals surface area contributed by atoms with Gasteiger partial charge in [-0.25, -0.2) is 0 Å². The van der Waals surface area contributed by atoms with Gasteiger partial charge in [0.1, 0.15) is 5.82 Å². The maximum absolute atomic E-state index is 5.52. The van der Waals surface area contributed by atoms with Gasteiger partial charge in [0.25, 0.3) is 0 Å². The van der Waals surface area contributed by atoms with Gasteiger partial charge in [-0.3, -0.25) is 4.68 Å². The predicted molar refractivity (Wildman–Crippen MR) is 130 cm³/mol. The Labute approximate surface area is 195 Å². The molecule has 0 radical (unpaired) electrons. The fourth-order valence-electron chi connectivity index (χ4n) is 6.30. The Kier molecular flexibility index (Phi) is 5.54. The topological polar surface area (TPSA) is 68.1 Å². The molecule has 7 nitrogen and oxygen atoms in total. The van der Waals surface area contributed by atoms with E-state index >= 15 is 0 Å². The van der Waals surface area contributed by atoms with Crippen molar-refractivity contribution in [2.75, 3.05) is 38.2 Å². The van der Waals surface area contributed by atoms with Crippen LogP contribution in [0.3, 0.4) is 0 Å². The van der Waals surface area contributed by atoms with Gasteiger partial charge in [0.15, 0.2) is 0 Å². The van der Waals surface area contributed by atoms with Crippen LogP contribution in [0.25, 0.3) is 22.2 Å². The van der Waals surface area contributed by atoms with Crippen LogP contribution in [0.4, 0.5) is 5.82 Å². The Hall–Kier alpha value is -2.51. The first kappa shape index (κ1) is 21.1. The highest BCUT2D eigenvalue weighted by molar-refractivity contribution is 5.85. The molecule has 0 unspecified atom stereocenters. The molecule has 1 saturated carbocycles. The third-order valence-corrected chi connectivity index (χ3v) is 7.94. The summed E-state index contributed by atoms with van der Waals surface area (Å²) in [5, 5.41) is 18.4. The molecule has 0 bridgehead atoms. The zero-order valence-electron chi connectivity index (χ0n) is 19.7. The summed E-state index contributed by atoms with van der Waals surface area (Å²) in [6.07, 6.45) is 7.01. The summed E-state index contributed by atoms with van der Waals surface area (Å²) in [4.78, 5) is 2.72. The van der Waals surface area contributed by atoms with Crippen molar-refractivity contribution in [2.24, 2.45) is 24.8 Å². The van der Waals surface area contributed by atoms with Crippen LogP contribution in [-0.2, 0) is 11.8 Å². The monoisotopic (exact) mass is 446 g/mol. The Bertz CT molecular complexity index is 1110. The molecule has 2 saturated heterocycles. The first-order valence-electron chi connectivity index (χ1n) is 12.5. The van der Waals surface area contributed by atoms with Crippen LogP contribution in [0, 0.1) is 24.7 Å². The summed E-state index contributed by atoms with van der Waals surface area (Å²) >= 11 is 0. The van der Waals surface area contributed by atoms with E-state index in [4.69, 9.17) is 4.74 Å². The molecule has 7 heteroatoms. The Morgan fingerprint density at radius 1 is 1.06 bits per heavy atom.